The molecule has 1 aliphatic heterocycles. The fourth-order valence-corrected chi connectivity index (χ4v) is 3.81. The quantitative estimate of drug-likeness (QED) is 0.790. The molecular weight excluding hydrogens is 284 g/mol. The van der Waals surface area contributed by atoms with Crippen LogP contribution in [0.1, 0.15) is 49.3 Å². The number of hydrogen-bond donors (Lipinski definition) is 0. The predicted octanol–water partition coefficient (Wildman–Crippen LogP) is 3.77. The highest BCUT2D eigenvalue weighted by molar-refractivity contribution is 5.80. The molecule has 124 valence electrons. The van der Waals surface area contributed by atoms with Gasteiger partial charge in [-0.2, -0.15) is 0 Å². The lowest BCUT2D eigenvalue weighted by atomic mass is 9.92. The molecule has 1 aromatic rings. The van der Waals surface area contributed by atoms with E-state index in [9.17, 15) is 4.79 Å². The summed E-state index contributed by atoms with van der Waals surface area (Å²) >= 11 is 0. The molecule has 0 spiro atoms. The lowest BCUT2D eigenvalue weighted by molar-refractivity contribution is -0.139. The van der Waals surface area contributed by atoms with Crippen molar-refractivity contribution < 1.29 is 4.79 Å². The summed E-state index contributed by atoms with van der Waals surface area (Å²) in [5.74, 6) is 0.542. The van der Waals surface area contributed by atoms with Crippen LogP contribution in [0.4, 0.5) is 0 Å². The summed E-state index contributed by atoms with van der Waals surface area (Å²) in [6.45, 7) is 1.88. The molecule has 23 heavy (non-hydrogen) atoms. The van der Waals surface area contributed by atoms with Gasteiger partial charge in [0.2, 0.25) is 5.91 Å². The minimum Gasteiger partial charge on any atom is -0.335 e. The first-order valence-corrected chi connectivity index (χ1v) is 8.84. The van der Waals surface area contributed by atoms with E-state index in [0.717, 1.165) is 38.8 Å². The second-order valence-electron chi connectivity index (χ2n) is 7.16. The van der Waals surface area contributed by atoms with Crippen LogP contribution in [-0.2, 0) is 11.3 Å². The number of rotatable bonds is 4. The van der Waals surface area contributed by atoms with Gasteiger partial charge in [0.1, 0.15) is 0 Å². The number of allylic oxidation sites excluding steroid dienone is 2. The fourth-order valence-electron chi connectivity index (χ4n) is 3.81. The number of carbonyl (C=O) groups excluding carboxylic acids is 1. The van der Waals surface area contributed by atoms with Crippen molar-refractivity contribution in [3.8, 4) is 0 Å². The Balaban J connectivity index is 1.74. The Morgan fingerprint density at radius 3 is 2.48 bits per heavy atom. The van der Waals surface area contributed by atoms with E-state index in [2.05, 4.69) is 60.3 Å². The molecule has 1 saturated heterocycles. The van der Waals surface area contributed by atoms with Crippen LogP contribution >= 0.6 is 0 Å². The molecule has 3 nitrogen and oxygen atoms in total. The summed E-state index contributed by atoms with van der Waals surface area (Å²) in [6, 6.07) is 9.14. The van der Waals surface area contributed by atoms with E-state index in [-0.39, 0.29) is 12.0 Å². The van der Waals surface area contributed by atoms with Crippen LogP contribution in [0, 0.1) is 5.92 Å². The molecule has 0 radical (unpaired) electrons. The minimum absolute atomic E-state index is 0.184. The zero-order chi connectivity index (χ0) is 16.2. The van der Waals surface area contributed by atoms with Crippen molar-refractivity contribution in [1.29, 1.82) is 0 Å². The maximum Gasteiger partial charge on any atom is 0.226 e. The molecule has 1 amide bonds. The Hall–Kier alpha value is -1.61. The molecule has 1 fully saturated rings. The van der Waals surface area contributed by atoms with Crippen LogP contribution in [0.15, 0.2) is 36.4 Å². The SMILES string of the molecule is CN(C)Cc1ccc(C2CCCCN2C(=O)C2CC=CC2)cc1. The smallest absolute Gasteiger partial charge is 0.226 e. The lowest BCUT2D eigenvalue weighted by Gasteiger charge is -2.37. The number of benzene rings is 1. The third-order valence-corrected chi connectivity index (χ3v) is 5.01. The number of piperidine rings is 1. The highest BCUT2D eigenvalue weighted by Crippen LogP contribution is 2.34. The van der Waals surface area contributed by atoms with Crippen LogP contribution in [-0.4, -0.2) is 36.3 Å². The van der Waals surface area contributed by atoms with Gasteiger partial charge in [0.05, 0.1) is 6.04 Å². The Morgan fingerprint density at radius 1 is 1.13 bits per heavy atom. The average molecular weight is 312 g/mol. The van der Waals surface area contributed by atoms with E-state index in [1.54, 1.807) is 0 Å². The van der Waals surface area contributed by atoms with Crippen molar-refractivity contribution in [3.63, 3.8) is 0 Å². The Kier molecular flexibility index (Phi) is 5.16. The van der Waals surface area contributed by atoms with Gasteiger partial charge in [0.25, 0.3) is 0 Å². The van der Waals surface area contributed by atoms with E-state index in [4.69, 9.17) is 0 Å². The third kappa shape index (κ3) is 3.84. The first-order valence-electron chi connectivity index (χ1n) is 8.84. The van der Waals surface area contributed by atoms with Gasteiger partial charge in [-0.05, 0) is 57.3 Å². The summed E-state index contributed by atoms with van der Waals surface area (Å²) in [5, 5.41) is 0. The molecule has 1 aromatic carbocycles. The summed E-state index contributed by atoms with van der Waals surface area (Å²) in [4.78, 5) is 17.2. The number of likely N-dealkylation sites (tertiary alicyclic amines) is 1. The van der Waals surface area contributed by atoms with Gasteiger partial charge in [0.15, 0.2) is 0 Å². The first-order chi connectivity index (χ1) is 11.1. The summed E-state index contributed by atoms with van der Waals surface area (Å²) in [6.07, 6.45) is 9.60. The third-order valence-electron chi connectivity index (χ3n) is 5.01. The summed E-state index contributed by atoms with van der Waals surface area (Å²) < 4.78 is 0. The van der Waals surface area contributed by atoms with Gasteiger partial charge in [0, 0.05) is 19.0 Å². The molecule has 1 heterocycles. The Morgan fingerprint density at radius 2 is 1.83 bits per heavy atom. The van der Waals surface area contributed by atoms with Crippen LogP contribution in [0.5, 0.6) is 0 Å². The molecule has 0 N–H and O–H groups in total. The number of nitrogens with zero attached hydrogens (tertiary/aromatic N) is 2. The molecule has 1 aliphatic carbocycles. The Labute approximate surface area is 140 Å². The molecule has 2 aliphatic rings. The minimum atomic E-state index is 0.184. The first kappa shape index (κ1) is 16.3. The summed E-state index contributed by atoms with van der Waals surface area (Å²) in [7, 11) is 4.18. The van der Waals surface area contributed by atoms with E-state index in [0.29, 0.717) is 5.91 Å². The molecular formula is C20H28N2O. The fraction of sp³-hybridized carbons (Fsp3) is 0.550. The predicted molar refractivity (Wildman–Crippen MR) is 94.0 cm³/mol. The molecule has 3 rings (SSSR count). The van der Waals surface area contributed by atoms with Gasteiger partial charge in [-0.3, -0.25) is 4.79 Å². The molecule has 0 saturated carbocycles. The highest BCUT2D eigenvalue weighted by Gasteiger charge is 2.32. The zero-order valence-corrected chi connectivity index (χ0v) is 14.4. The van der Waals surface area contributed by atoms with Gasteiger partial charge in [-0.15, -0.1) is 0 Å². The normalized spacial score (nSPS) is 22.0. The van der Waals surface area contributed by atoms with Crippen LogP contribution in [0.3, 0.4) is 0 Å². The zero-order valence-electron chi connectivity index (χ0n) is 14.4. The van der Waals surface area contributed by atoms with Crippen molar-refractivity contribution in [2.75, 3.05) is 20.6 Å². The average Bonchev–Trinajstić information content (AvgIpc) is 3.09. The van der Waals surface area contributed by atoms with E-state index < -0.39 is 0 Å². The van der Waals surface area contributed by atoms with E-state index >= 15 is 0 Å². The van der Waals surface area contributed by atoms with Crippen molar-refractivity contribution >= 4 is 5.91 Å². The standard InChI is InChI=1S/C20H28N2O/c1-21(2)15-16-10-12-17(13-11-16)19-9-5-6-14-22(19)20(23)18-7-3-4-8-18/h3-4,10-13,18-19H,5-9,14-15H2,1-2H3. The van der Waals surface area contributed by atoms with Gasteiger partial charge in [-0.1, -0.05) is 36.4 Å². The highest BCUT2D eigenvalue weighted by atomic mass is 16.2. The van der Waals surface area contributed by atoms with Crippen molar-refractivity contribution in [3.05, 3.63) is 47.5 Å². The number of hydrogen-bond acceptors (Lipinski definition) is 2. The van der Waals surface area contributed by atoms with Crippen LogP contribution < -0.4 is 0 Å². The van der Waals surface area contributed by atoms with Crippen LogP contribution in [0.2, 0.25) is 0 Å². The largest absolute Gasteiger partial charge is 0.335 e. The number of carbonyl (C=O) groups is 1. The lowest BCUT2D eigenvalue weighted by Crippen LogP contribution is -2.41. The van der Waals surface area contributed by atoms with Gasteiger partial charge in [-0.25, -0.2) is 0 Å². The maximum atomic E-state index is 12.9. The molecule has 0 aromatic heterocycles. The molecule has 1 atom stereocenters. The second-order valence-corrected chi connectivity index (χ2v) is 7.16. The van der Waals surface area contributed by atoms with Crippen molar-refractivity contribution in [2.24, 2.45) is 5.92 Å². The molecule has 3 heteroatoms. The Bertz CT molecular complexity index is 554. The number of amides is 1. The second kappa shape index (κ2) is 7.31. The molecule has 0 bridgehead atoms. The van der Waals surface area contributed by atoms with E-state index in [1.807, 2.05) is 0 Å². The molecule has 1 unspecified atom stereocenters. The van der Waals surface area contributed by atoms with Gasteiger partial charge < -0.3 is 9.80 Å². The van der Waals surface area contributed by atoms with Crippen LogP contribution in [0.25, 0.3) is 0 Å². The maximum absolute atomic E-state index is 12.9. The topological polar surface area (TPSA) is 23.6 Å². The van der Waals surface area contributed by atoms with Gasteiger partial charge >= 0.3 is 0 Å². The monoisotopic (exact) mass is 312 g/mol. The summed E-state index contributed by atoms with van der Waals surface area (Å²) in [5.41, 5.74) is 2.62. The van der Waals surface area contributed by atoms with Crippen molar-refractivity contribution in [2.45, 2.75) is 44.7 Å². The van der Waals surface area contributed by atoms with E-state index in [1.165, 1.54) is 17.5 Å². The van der Waals surface area contributed by atoms with Crippen molar-refractivity contribution in [1.82, 2.24) is 9.80 Å².